The Labute approximate surface area is 161 Å². The van der Waals surface area contributed by atoms with Gasteiger partial charge in [-0.25, -0.2) is 4.98 Å². The van der Waals surface area contributed by atoms with E-state index in [-0.39, 0.29) is 0 Å². The Bertz CT molecular complexity index is 732. The fourth-order valence-corrected chi connectivity index (χ4v) is 3.54. The highest BCUT2D eigenvalue weighted by molar-refractivity contribution is 5.80. The number of imidazole rings is 1. The minimum absolute atomic E-state index is 0.402. The average Bonchev–Trinajstić information content (AvgIpc) is 3.29. The van der Waals surface area contributed by atoms with E-state index in [0.29, 0.717) is 6.04 Å². The van der Waals surface area contributed by atoms with E-state index in [1.807, 2.05) is 44.3 Å². The molecule has 0 aromatic carbocycles. The van der Waals surface area contributed by atoms with Crippen molar-refractivity contribution in [2.24, 2.45) is 12.0 Å². The van der Waals surface area contributed by atoms with E-state index in [1.54, 1.807) is 0 Å². The van der Waals surface area contributed by atoms with Crippen molar-refractivity contribution in [2.45, 2.75) is 45.2 Å². The number of aryl methyl sites for hydroxylation is 3. The van der Waals surface area contributed by atoms with Gasteiger partial charge in [-0.05, 0) is 32.6 Å². The molecule has 1 aliphatic heterocycles. The SMILES string of the molecule is CN=C(NCCCCn1ccnc1C)NC1CCCN(c2cnn(C)c2)C1. The van der Waals surface area contributed by atoms with E-state index < -0.39 is 0 Å². The second-order valence-electron chi connectivity index (χ2n) is 7.18. The molecule has 0 bridgehead atoms. The monoisotopic (exact) mass is 372 g/mol. The van der Waals surface area contributed by atoms with E-state index in [4.69, 9.17) is 0 Å². The molecule has 148 valence electrons. The van der Waals surface area contributed by atoms with Gasteiger partial charge in [0.15, 0.2) is 5.96 Å². The molecule has 2 aromatic rings. The predicted octanol–water partition coefficient (Wildman–Crippen LogP) is 1.54. The summed E-state index contributed by atoms with van der Waals surface area (Å²) >= 11 is 0. The number of aliphatic imine (C=N–C) groups is 1. The first kappa shape index (κ1) is 19.3. The molecule has 0 spiro atoms. The summed E-state index contributed by atoms with van der Waals surface area (Å²) in [5, 5.41) is 11.3. The Morgan fingerprint density at radius 3 is 2.96 bits per heavy atom. The van der Waals surface area contributed by atoms with Crippen LogP contribution in [0.5, 0.6) is 0 Å². The van der Waals surface area contributed by atoms with Crippen LogP contribution in [-0.4, -0.2) is 58.0 Å². The Morgan fingerprint density at radius 1 is 1.37 bits per heavy atom. The molecule has 0 amide bonds. The highest BCUT2D eigenvalue weighted by Gasteiger charge is 2.21. The molecule has 0 aliphatic carbocycles. The number of nitrogens with one attached hydrogen (secondary N) is 2. The topological polar surface area (TPSA) is 75.3 Å². The lowest BCUT2D eigenvalue weighted by Crippen LogP contribution is -2.51. The van der Waals surface area contributed by atoms with Gasteiger partial charge in [-0.15, -0.1) is 0 Å². The van der Waals surface area contributed by atoms with Gasteiger partial charge in [0.25, 0.3) is 0 Å². The summed E-state index contributed by atoms with van der Waals surface area (Å²) in [6.07, 6.45) is 12.5. The van der Waals surface area contributed by atoms with Crippen LogP contribution in [0, 0.1) is 6.92 Å². The van der Waals surface area contributed by atoms with Crippen molar-refractivity contribution in [3.63, 3.8) is 0 Å². The zero-order valence-corrected chi connectivity index (χ0v) is 16.7. The third kappa shape index (κ3) is 5.48. The number of hydrogen-bond acceptors (Lipinski definition) is 4. The van der Waals surface area contributed by atoms with Crippen LogP contribution in [-0.2, 0) is 13.6 Å². The van der Waals surface area contributed by atoms with Gasteiger partial charge < -0.3 is 20.1 Å². The Balaban J connectivity index is 1.38. The van der Waals surface area contributed by atoms with Gasteiger partial charge in [-0.2, -0.15) is 5.10 Å². The molecule has 0 radical (unpaired) electrons. The number of hydrogen-bond donors (Lipinski definition) is 2. The van der Waals surface area contributed by atoms with Gasteiger partial charge in [0.1, 0.15) is 5.82 Å². The van der Waals surface area contributed by atoms with Crippen molar-refractivity contribution in [1.29, 1.82) is 0 Å². The fraction of sp³-hybridized carbons (Fsp3) is 0.632. The zero-order chi connectivity index (χ0) is 19.1. The minimum Gasteiger partial charge on any atom is -0.367 e. The molecule has 0 saturated carbocycles. The Kier molecular flexibility index (Phi) is 6.73. The molecule has 2 aromatic heterocycles. The molecule has 8 nitrogen and oxygen atoms in total. The second kappa shape index (κ2) is 9.43. The van der Waals surface area contributed by atoms with Crippen molar-refractivity contribution >= 4 is 11.6 Å². The molecule has 27 heavy (non-hydrogen) atoms. The van der Waals surface area contributed by atoms with E-state index in [2.05, 4.69) is 41.4 Å². The fourth-order valence-electron chi connectivity index (χ4n) is 3.54. The van der Waals surface area contributed by atoms with Crippen LogP contribution in [0.2, 0.25) is 0 Å². The maximum atomic E-state index is 4.39. The molecular formula is C19H32N8. The van der Waals surface area contributed by atoms with E-state index in [1.165, 1.54) is 12.1 Å². The maximum Gasteiger partial charge on any atom is 0.191 e. The van der Waals surface area contributed by atoms with Crippen LogP contribution < -0.4 is 15.5 Å². The van der Waals surface area contributed by atoms with Crippen LogP contribution in [0.25, 0.3) is 0 Å². The van der Waals surface area contributed by atoms with Gasteiger partial charge in [0, 0.05) is 64.9 Å². The molecule has 1 aliphatic rings. The first-order valence-electron chi connectivity index (χ1n) is 9.84. The van der Waals surface area contributed by atoms with E-state index >= 15 is 0 Å². The molecular weight excluding hydrogens is 340 g/mol. The minimum atomic E-state index is 0.402. The van der Waals surface area contributed by atoms with Crippen LogP contribution in [0.4, 0.5) is 5.69 Å². The highest BCUT2D eigenvalue weighted by atomic mass is 15.3. The first-order valence-corrected chi connectivity index (χ1v) is 9.84. The smallest absolute Gasteiger partial charge is 0.191 e. The summed E-state index contributed by atoms with van der Waals surface area (Å²) in [5.41, 5.74) is 1.20. The number of aromatic nitrogens is 4. The molecule has 3 heterocycles. The predicted molar refractivity (Wildman–Crippen MR) is 109 cm³/mol. The van der Waals surface area contributed by atoms with Crippen molar-refractivity contribution in [1.82, 2.24) is 30.0 Å². The van der Waals surface area contributed by atoms with Gasteiger partial charge >= 0.3 is 0 Å². The van der Waals surface area contributed by atoms with Gasteiger partial charge in [0.2, 0.25) is 0 Å². The summed E-state index contributed by atoms with van der Waals surface area (Å²) in [6.45, 7) is 6.05. The molecule has 1 atom stereocenters. The molecule has 2 N–H and O–H groups in total. The van der Waals surface area contributed by atoms with Crippen molar-refractivity contribution < 1.29 is 0 Å². The van der Waals surface area contributed by atoms with Crippen molar-refractivity contribution in [3.05, 3.63) is 30.6 Å². The summed E-state index contributed by atoms with van der Waals surface area (Å²) in [6, 6.07) is 0.402. The standard InChI is InChI=1S/C19H32N8/c1-16-21-9-12-26(16)10-5-4-8-22-19(20-2)24-17-7-6-11-27(14-17)18-13-23-25(3)15-18/h9,12-13,15,17H,4-8,10-11,14H2,1-3H3,(H2,20,22,24). The third-order valence-corrected chi connectivity index (χ3v) is 5.08. The molecule has 1 saturated heterocycles. The molecule has 1 fully saturated rings. The Hall–Kier alpha value is -2.51. The van der Waals surface area contributed by atoms with Crippen molar-refractivity contribution in [3.8, 4) is 0 Å². The van der Waals surface area contributed by atoms with Gasteiger partial charge in [-0.1, -0.05) is 0 Å². The van der Waals surface area contributed by atoms with Crippen LogP contribution in [0.1, 0.15) is 31.5 Å². The van der Waals surface area contributed by atoms with Crippen LogP contribution in [0.3, 0.4) is 0 Å². The molecule has 3 rings (SSSR count). The zero-order valence-electron chi connectivity index (χ0n) is 16.7. The average molecular weight is 373 g/mol. The van der Waals surface area contributed by atoms with Gasteiger partial charge in [0.05, 0.1) is 11.9 Å². The number of guanidine groups is 1. The second-order valence-corrected chi connectivity index (χ2v) is 7.18. The van der Waals surface area contributed by atoms with Crippen LogP contribution in [0.15, 0.2) is 29.8 Å². The summed E-state index contributed by atoms with van der Waals surface area (Å²) in [7, 11) is 3.80. The van der Waals surface area contributed by atoms with Crippen LogP contribution >= 0.6 is 0 Å². The summed E-state index contributed by atoms with van der Waals surface area (Å²) in [5.74, 6) is 1.97. The third-order valence-electron chi connectivity index (χ3n) is 5.08. The van der Waals surface area contributed by atoms with Crippen molar-refractivity contribution in [2.75, 3.05) is 31.6 Å². The number of piperidine rings is 1. The molecule has 8 heteroatoms. The number of unbranched alkanes of at least 4 members (excludes halogenated alkanes) is 1. The number of rotatable bonds is 7. The first-order chi connectivity index (χ1) is 13.2. The number of nitrogens with zero attached hydrogens (tertiary/aromatic N) is 6. The van der Waals surface area contributed by atoms with Gasteiger partial charge in [-0.3, -0.25) is 9.67 Å². The lowest BCUT2D eigenvalue weighted by molar-refractivity contribution is 0.467. The quantitative estimate of drug-likeness (QED) is 0.438. The Morgan fingerprint density at radius 2 is 2.26 bits per heavy atom. The largest absolute Gasteiger partial charge is 0.367 e. The number of anilines is 1. The lowest BCUT2D eigenvalue weighted by Gasteiger charge is -2.34. The van der Waals surface area contributed by atoms with E-state index in [9.17, 15) is 0 Å². The molecule has 1 unspecified atom stereocenters. The lowest BCUT2D eigenvalue weighted by atomic mass is 10.1. The summed E-state index contributed by atoms with van der Waals surface area (Å²) in [4.78, 5) is 11.0. The summed E-state index contributed by atoms with van der Waals surface area (Å²) < 4.78 is 4.06. The normalized spacial score (nSPS) is 18.0. The van der Waals surface area contributed by atoms with E-state index in [0.717, 1.165) is 57.2 Å². The highest BCUT2D eigenvalue weighted by Crippen LogP contribution is 2.18. The maximum absolute atomic E-state index is 4.39.